The first kappa shape index (κ1) is 35.4. The van der Waals surface area contributed by atoms with Crippen LogP contribution in [0.25, 0.3) is 0 Å². The van der Waals surface area contributed by atoms with Gasteiger partial charge in [-0.15, -0.1) is 0 Å². The van der Waals surface area contributed by atoms with Crippen molar-refractivity contribution in [2.45, 2.75) is 144 Å². The number of aliphatic hydroxyl groups excluding tert-OH is 6. The second-order valence-electron chi connectivity index (χ2n) is 11.5. The largest absolute Gasteiger partial charge is 0.463 e. The molecular weight excluding hydrogens is 560 g/mol. The van der Waals surface area contributed by atoms with Crippen molar-refractivity contribution >= 4 is 5.97 Å². The number of hydrogen-bond acceptors (Lipinski definition) is 16. The quantitative estimate of drug-likeness (QED) is 0.0696. The highest BCUT2D eigenvalue weighted by molar-refractivity contribution is 5.69. The number of hydrogen-bond donors (Lipinski definition) is 10. The second-order valence-corrected chi connectivity index (χ2v) is 11.5. The van der Waals surface area contributed by atoms with Crippen molar-refractivity contribution in [3.8, 4) is 0 Å². The number of carbonyl (C=O) groups is 1. The maximum Gasteiger partial charge on any atom is 0.305 e. The van der Waals surface area contributed by atoms with E-state index in [0.29, 0.717) is 6.42 Å². The number of carbonyl (C=O) groups excluding carboxylic acids is 1. The molecule has 0 amide bonds. The summed E-state index contributed by atoms with van der Waals surface area (Å²) >= 11 is 0. The van der Waals surface area contributed by atoms with Crippen LogP contribution >= 0.6 is 0 Å². The van der Waals surface area contributed by atoms with Gasteiger partial charge in [-0.1, -0.05) is 32.6 Å². The molecule has 42 heavy (non-hydrogen) atoms. The highest BCUT2D eigenvalue weighted by Gasteiger charge is 2.51. The van der Waals surface area contributed by atoms with E-state index in [0.717, 1.165) is 25.7 Å². The van der Waals surface area contributed by atoms with E-state index >= 15 is 0 Å². The molecule has 0 bridgehead atoms. The molecule has 14 N–H and O–H groups in total. The van der Waals surface area contributed by atoms with Crippen molar-refractivity contribution in [2.75, 3.05) is 13.2 Å². The van der Waals surface area contributed by atoms with E-state index in [1.807, 2.05) is 0 Å². The summed E-state index contributed by atoms with van der Waals surface area (Å²) in [4.78, 5) is 12.2. The van der Waals surface area contributed by atoms with Crippen LogP contribution in [0.5, 0.6) is 0 Å². The molecule has 1 aliphatic carbocycles. The van der Waals surface area contributed by atoms with Gasteiger partial charge in [-0.3, -0.25) is 4.79 Å². The van der Waals surface area contributed by atoms with Gasteiger partial charge in [0.2, 0.25) is 0 Å². The van der Waals surface area contributed by atoms with E-state index in [-0.39, 0.29) is 26.0 Å². The minimum atomic E-state index is -1.68. The van der Waals surface area contributed by atoms with E-state index < -0.39 is 97.7 Å². The second kappa shape index (κ2) is 16.3. The van der Waals surface area contributed by atoms with E-state index in [9.17, 15) is 35.4 Å². The lowest BCUT2D eigenvalue weighted by molar-refractivity contribution is -0.332. The first-order valence-electron chi connectivity index (χ1n) is 14.7. The molecule has 15 atom stereocenters. The zero-order valence-corrected chi connectivity index (χ0v) is 24.0. The minimum absolute atomic E-state index is 0.0670. The van der Waals surface area contributed by atoms with Crippen LogP contribution in [0.1, 0.15) is 51.9 Å². The lowest BCUT2D eigenvalue weighted by Gasteiger charge is -2.48. The molecule has 246 valence electrons. The third kappa shape index (κ3) is 8.54. The maximum atomic E-state index is 12.2. The molecule has 0 aromatic rings. The Bertz CT molecular complexity index is 830. The van der Waals surface area contributed by atoms with Gasteiger partial charge in [0.1, 0.15) is 67.6 Å². The van der Waals surface area contributed by atoms with Crippen molar-refractivity contribution in [1.29, 1.82) is 0 Å². The summed E-state index contributed by atoms with van der Waals surface area (Å²) in [6, 6.07) is -2.96. The van der Waals surface area contributed by atoms with Crippen LogP contribution < -0.4 is 22.9 Å². The van der Waals surface area contributed by atoms with Gasteiger partial charge in [0.05, 0.1) is 6.04 Å². The third-order valence-electron chi connectivity index (χ3n) is 8.20. The van der Waals surface area contributed by atoms with Crippen LogP contribution in [-0.4, -0.2) is 142 Å². The molecule has 2 heterocycles. The van der Waals surface area contributed by atoms with E-state index in [1.54, 1.807) is 0 Å². The zero-order chi connectivity index (χ0) is 31.1. The summed E-state index contributed by atoms with van der Waals surface area (Å²) in [6.07, 6.45) is -11.8. The van der Waals surface area contributed by atoms with Gasteiger partial charge in [-0.25, -0.2) is 0 Å². The van der Waals surface area contributed by atoms with Crippen molar-refractivity contribution in [3.05, 3.63) is 0 Å². The lowest BCUT2D eigenvalue weighted by Crippen LogP contribution is -2.68. The Labute approximate surface area is 245 Å². The molecule has 0 aromatic carbocycles. The third-order valence-corrected chi connectivity index (χ3v) is 8.20. The summed E-state index contributed by atoms with van der Waals surface area (Å²) < 4.78 is 28.1. The van der Waals surface area contributed by atoms with Crippen LogP contribution in [0.3, 0.4) is 0 Å². The smallest absolute Gasteiger partial charge is 0.305 e. The molecular formula is C26H50N4O12. The highest BCUT2D eigenvalue weighted by Crippen LogP contribution is 2.31. The number of unbranched alkanes of at least 4 members (excludes halogenated alkanes) is 4. The first-order valence-corrected chi connectivity index (χ1v) is 14.7. The van der Waals surface area contributed by atoms with Crippen LogP contribution in [0.2, 0.25) is 0 Å². The summed E-state index contributed by atoms with van der Waals surface area (Å²) in [5.74, 6) is -0.459. The van der Waals surface area contributed by atoms with Gasteiger partial charge in [-0.2, -0.15) is 0 Å². The van der Waals surface area contributed by atoms with Crippen LogP contribution in [0.4, 0.5) is 0 Å². The van der Waals surface area contributed by atoms with Gasteiger partial charge in [-0.05, 0) is 12.8 Å². The van der Waals surface area contributed by atoms with E-state index in [2.05, 4.69) is 6.92 Å². The van der Waals surface area contributed by atoms with Crippen LogP contribution in [-0.2, 0) is 28.5 Å². The molecule has 7 unspecified atom stereocenters. The summed E-state index contributed by atoms with van der Waals surface area (Å²) in [6.45, 7) is 1.58. The number of rotatable bonds is 13. The normalized spacial score (nSPS) is 44.6. The van der Waals surface area contributed by atoms with Gasteiger partial charge < -0.3 is 77.3 Å². The van der Waals surface area contributed by atoms with Crippen LogP contribution in [0.15, 0.2) is 0 Å². The number of esters is 1. The Kier molecular flexibility index (Phi) is 13.7. The van der Waals surface area contributed by atoms with E-state index in [4.69, 9.17) is 46.6 Å². The first-order chi connectivity index (χ1) is 19.9. The summed E-state index contributed by atoms with van der Waals surface area (Å²) in [5.41, 5.74) is 24.0. The molecule has 3 aliphatic rings. The molecule has 16 heteroatoms. The zero-order valence-electron chi connectivity index (χ0n) is 24.0. The van der Waals surface area contributed by atoms with Crippen molar-refractivity contribution in [3.63, 3.8) is 0 Å². The Morgan fingerprint density at radius 1 is 0.738 bits per heavy atom. The average Bonchev–Trinajstić information content (AvgIpc) is 2.96. The minimum Gasteiger partial charge on any atom is -0.463 e. The molecule has 0 aromatic heterocycles. The SMILES string of the molecule is CCCCCCCC(=O)OC[C@H]1OC(O[C@@H]2C(N)CC(N)C(O[C@H]3OC(CN)[C@@H](O)[C@H](O)C3O)[C@@H]2O)[C@H](O)[C@H](N)C1O. The fourth-order valence-corrected chi connectivity index (χ4v) is 5.51. The molecule has 16 nitrogen and oxygen atoms in total. The monoisotopic (exact) mass is 610 g/mol. The maximum absolute atomic E-state index is 12.2. The Hall–Kier alpha value is -1.09. The molecule has 0 radical (unpaired) electrons. The Morgan fingerprint density at radius 2 is 1.31 bits per heavy atom. The molecule has 2 saturated heterocycles. The molecule has 3 rings (SSSR count). The Balaban J connectivity index is 1.62. The van der Waals surface area contributed by atoms with Gasteiger partial charge in [0, 0.05) is 25.0 Å². The lowest BCUT2D eigenvalue weighted by atomic mass is 9.84. The summed E-state index contributed by atoms with van der Waals surface area (Å²) in [7, 11) is 0. The van der Waals surface area contributed by atoms with Crippen molar-refractivity contribution in [2.24, 2.45) is 22.9 Å². The highest BCUT2D eigenvalue weighted by atomic mass is 16.7. The van der Waals surface area contributed by atoms with Crippen molar-refractivity contribution in [1.82, 2.24) is 0 Å². The van der Waals surface area contributed by atoms with Gasteiger partial charge in [0.25, 0.3) is 0 Å². The fraction of sp³-hybridized carbons (Fsp3) is 0.962. The number of nitrogens with two attached hydrogens (primary N) is 4. The van der Waals surface area contributed by atoms with Crippen molar-refractivity contribution < 1.29 is 59.1 Å². The molecule has 1 saturated carbocycles. The fourth-order valence-electron chi connectivity index (χ4n) is 5.51. The molecule has 3 fully saturated rings. The van der Waals surface area contributed by atoms with Gasteiger partial charge >= 0.3 is 5.97 Å². The topological polar surface area (TPSA) is 289 Å². The standard InChI is InChI=1S/C26H50N4O12/c1-2-3-4-5-6-7-15(31)38-10-14-17(32)16(30)19(34)25(40-14)41-23-11(28)8-12(29)24(22(23)37)42-26-21(36)20(35)18(33)13(9-27)39-26/h11-14,16-26,32-37H,2-10,27-30H2,1H3/t11?,12?,13?,14-,16-,17?,18-,19-,20+,21?,22-,23-,24?,25?,26-/m1/s1. The van der Waals surface area contributed by atoms with E-state index in [1.165, 1.54) is 0 Å². The predicted octanol–water partition coefficient (Wildman–Crippen LogP) is -4.38. The Morgan fingerprint density at radius 3 is 1.90 bits per heavy atom. The predicted molar refractivity (Wildman–Crippen MR) is 145 cm³/mol. The average molecular weight is 611 g/mol. The number of aliphatic hydroxyl groups is 6. The number of ether oxygens (including phenoxy) is 5. The molecule has 0 spiro atoms. The summed E-state index contributed by atoms with van der Waals surface area (Å²) in [5, 5.41) is 63.0. The molecule has 2 aliphatic heterocycles. The van der Waals surface area contributed by atoms with Gasteiger partial charge in [0.15, 0.2) is 12.6 Å². The van der Waals surface area contributed by atoms with Crippen LogP contribution in [0, 0.1) is 0 Å².